The summed E-state index contributed by atoms with van der Waals surface area (Å²) >= 11 is 0. The lowest BCUT2D eigenvalue weighted by atomic mass is 9.60. The largest absolute Gasteiger partial charge is 0.265 e. The van der Waals surface area contributed by atoms with Crippen molar-refractivity contribution in [1.29, 1.82) is 10.5 Å². The van der Waals surface area contributed by atoms with Crippen LogP contribution in [0.3, 0.4) is 0 Å². The third-order valence-electron chi connectivity index (χ3n) is 7.06. The molecular formula is C28H31N3O. The Kier molecular flexibility index (Phi) is 6.93. The molecule has 1 aliphatic heterocycles. The van der Waals surface area contributed by atoms with Gasteiger partial charge in [-0.15, -0.1) is 0 Å². The van der Waals surface area contributed by atoms with Gasteiger partial charge in [-0.2, -0.15) is 10.5 Å². The highest BCUT2D eigenvalue weighted by Crippen LogP contribution is 2.55. The molecule has 0 aromatic heterocycles. The quantitative estimate of drug-likeness (QED) is 0.364. The third kappa shape index (κ3) is 4.29. The number of nitrogens with zero attached hydrogens (tertiary/aromatic N) is 3. The zero-order chi connectivity index (χ0) is 22.4. The number of fused-ring (bicyclic) bond motifs is 1. The summed E-state index contributed by atoms with van der Waals surface area (Å²) in [6, 6.07) is 25.5. The molecule has 0 bridgehead atoms. The van der Waals surface area contributed by atoms with Crippen molar-refractivity contribution in [3.63, 3.8) is 0 Å². The Hall–Kier alpha value is -3.08. The molecule has 32 heavy (non-hydrogen) atoms. The standard InChI is InChI=1S/C28H31N3O/c1-2-3-4-5-10-15-23-18-26-25(19-28(23,20-29)21-30)27(22-13-8-6-9-14-22)32-31(26)24-16-11-7-12-17-24/h3-4,6-9,11-14,16-17,23,25-27H,2,5,10,15,18-19H2,1H3/b4-3+/t23-,25+,26-,27-/m1/s1. The van der Waals surface area contributed by atoms with E-state index in [1.807, 2.05) is 36.4 Å². The maximum atomic E-state index is 10.2. The average Bonchev–Trinajstić information content (AvgIpc) is 3.22. The van der Waals surface area contributed by atoms with Crippen molar-refractivity contribution < 1.29 is 4.84 Å². The maximum absolute atomic E-state index is 10.2. The molecule has 164 valence electrons. The van der Waals surface area contributed by atoms with Crippen LogP contribution >= 0.6 is 0 Å². The van der Waals surface area contributed by atoms with E-state index >= 15 is 0 Å². The molecule has 1 aliphatic carbocycles. The molecule has 0 amide bonds. The van der Waals surface area contributed by atoms with E-state index in [1.165, 1.54) is 0 Å². The number of rotatable bonds is 7. The third-order valence-corrected chi connectivity index (χ3v) is 7.06. The van der Waals surface area contributed by atoms with Gasteiger partial charge in [0.1, 0.15) is 11.5 Å². The van der Waals surface area contributed by atoms with Crippen molar-refractivity contribution in [2.75, 3.05) is 5.06 Å². The monoisotopic (exact) mass is 425 g/mol. The van der Waals surface area contributed by atoms with Gasteiger partial charge in [-0.05, 0) is 62.1 Å². The summed E-state index contributed by atoms with van der Waals surface area (Å²) < 4.78 is 0. The number of nitriles is 2. The fourth-order valence-electron chi connectivity index (χ4n) is 5.41. The predicted molar refractivity (Wildman–Crippen MR) is 126 cm³/mol. The molecule has 2 aromatic carbocycles. The molecule has 1 heterocycles. The molecule has 4 nitrogen and oxygen atoms in total. The molecule has 1 saturated heterocycles. The van der Waals surface area contributed by atoms with E-state index in [9.17, 15) is 10.5 Å². The molecule has 4 rings (SSSR count). The van der Waals surface area contributed by atoms with E-state index in [-0.39, 0.29) is 24.0 Å². The lowest BCUT2D eigenvalue weighted by molar-refractivity contribution is 0.0615. The molecule has 0 unspecified atom stereocenters. The van der Waals surface area contributed by atoms with Crippen LogP contribution in [0.25, 0.3) is 0 Å². The lowest BCUT2D eigenvalue weighted by Crippen LogP contribution is -2.45. The van der Waals surface area contributed by atoms with Crippen LogP contribution in [0, 0.1) is 39.9 Å². The smallest absolute Gasteiger partial charge is 0.147 e. The van der Waals surface area contributed by atoms with E-state index < -0.39 is 5.41 Å². The van der Waals surface area contributed by atoms with Gasteiger partial charge in [-0.1, -0.05) is 67.6 Å². The van der Waals surface area contributed by atoms with Gasteiger partial charge >= 0.3 is 0 Å². The predicted octanol–water partition coefficient (Wildman–Crippen LogP) is 6.74. The normalized spacial score (nSPS) is 26.4. The number of hydrogen-bond acceptors (Lipinski definition) is 4. The summed E-state index contributed by atoms with van der Waals surface area (Å²) in [5.41, 5.74) is 1.18. The van der Waals surface area contributed by atoms with Crippen LogP contribution < -0.4 is 5.06 Å². The topological polar surface area (TPSA) is 60.1 Å². The van der Waals surface area contributed by atoms with Crippen molar-refractivity contribution in [1.82, 2.24) is 0 Å². The SMILES string of the molecule is CC/C=C/CCC[C@@H]1C[C@@H]2[C@H](CC1(C#N)C#N)[C@@H](c1ccccc1)ON2c1ccccc1. The van der Waals surface area contributed by atoms with Gasteiger partial charge in [0.2, 0.25) is 0 Å². The minimum atomic E-state index is -0.960. The number of unbranched alkanes of at least 4 members (excludes halogenated alkanes) is 1. The number of hydroxylamine groups is 1. The highest BCUT2D eigenvalue weighted by atomic mass is 16.7. The van der Waals surface area contributed by atoms with Crippen LogP contribution in [0.1, 0.15) is 57.1 Å². The zero-order valence-electron chi connectivity index (χ0n) is 18.7. The Bertz CT molecular complexity index is 975. The van der Waals surface area contributed by atoms with Crippen LogP contribution in [0.15, 0.2) is 72.8 Å². The summed E-state index contributed by atoms with van der Waals surface area (Å²) in [5.74, 6) is 0.131. The average molecular weight is 426 g/mol. The van der Waals surface area contributed by atoms with Crippen molar-refractivity contribution in [2.24, 2.45) is 17.3 Å². The van der Waals surface area contributed by atoms with E-state index in [2.05, 4.69) is 60.5 Å². The minimum absolute atomic E-state index is 0.0399. The molecule has 4 atom stereocenters. The molecule has 4 heteroatoms. The van der Waals surface area contributed by atoms with E-state index in [0.717, 1.165) is 43.4 Å². The van der Waals surface area contributed by atoms with Crippen LogP contribution in [0.2, 0.25) is 0 Å². The van der Waals surface area contributed by atoms with Gasteiger partial charge in [-0.3, -0.25) is 9.90 Å². The second-order valence-corrected chi connectivity index (χ2v) is 8.97. The van der Waals surface area contributed by atoms with Crippen LogP contribution in [-0.2, 0) is 4.84 Å². The number of benzene rings is 2. The lowest BCUT2D eigenvalue weighted by Gasteiger charge is -2.42. The van der Waals surface area contributed by atoms with Crippen molar-refractivity contribution in [3.05, 3.63) is 78.4 Å². The molecule has 1 saturated carbocycles. The van der Waals surface area contributed by atoms with Crippen LogP contribution in [-0.4, -0.2) is 6.04 Å². The van der Waals surface area contributed by atoms with E-state index in [0.29, 0.717) is 6.42 Å². The van der Waals surface area contributed by atoms with Crippen LogP contribution in [0.5, 0.6) is 0 Å². The second kappa shape index (κ2) is 10.0. The minimum Gasteiger partial charge on any atom is -0.265 e. The molecular weight excluding hydrogens is 394 g/mol. The molecule has 0 N–H and O–H groups in total. The fraction of sp³-hybridized carbons (Fsp3) is 0.429. The highest BCUT2D eigenvalue weighted by Gasteiger charge is 2.56. The molecule has 2 fully saturated rings. The number of para-hydroxylation sites is 1. The first kappa shape index (κ1) is 22.1. The Morgan fingerprint density at radius 1 is 1.03 bits per heavy atom. The van der Waals surface area contributed by atoms with E-state index in [4.69, 9.17) is 4.84 Å². The number of anilines is 1. The summed E-state index contributed by atoms with van der Waals surface area (Å²) in [7, 11) is 0. The number of hydrogen-bond donors (Lipinski definition) is 0. The number of allylic oxidation sites excluding steroid dienone is 2. The van der Waals surface area contributed by atoms with Gasteiger partial charge < -0.3 is 0 Å². The first-order valence-corrected chi connectivity index (χ1v) is 11.8. The maximum Gasteiger partial charge on any atom is 0.147 e. The van der Waals surface area contributed by atoms with Crippen molar-refractivity contribution >= 4 is 5.69 Å². The highest BCUT2D eigenvalue weighted by molar-refractivity contribution is 5.47. The summed E-state index contributed by atoms with van der Waals surface area (Å²) in [6.07, 6.45) is 9.50. The first-order valence-electron chi connectivity index (χ1n) is 11.8. The zero-order valence-corrected chi connectivity index (χ0v) is 18.7. The Balaban J connectivity index is 1.65. The Morgan fingerprint density at radius 3 is 2.38 bits per heavy atom. The van der Waals surface area contributed by atoms with Gasteiger partial charge in [0.25, 0.3) is 0 Å². The van der Waals surface area contributed by atoms with Crippen LogP contribution in [0.4, 0.5) is 5.69 Å². The Labute approximate surface area is 191 Å². The fourth-order valence-corrected chi connectivity index (χ4v) is 5.41. The molecule has 2 aromatic rings. The second-order valence-electron chi connectivity index (χ2n) is 8.97. The van der Waals surface area contributed by atoms with Gasteiger partial charge in [0.15, 0.2) is 0 Å². The summed E-state index contributed by atoms with van der Waals surface area (Å²) in [5, 5.41) is 22.4. The molecule has 2 aliphatic rings. The van der Waals surface area contributed by atoms with Gasteiger partial charge in [-0.25, -0.2) is 0 Å². The van der Waals surface area contributed by atoms with Gasteiger partial charge in [0.05, 0.1) is 23.9 Å². The molecule has 0 spiro atoms. The van der Waals surface area contributed by atoms with Gasteiger partial charge in [0, 0.05) is 5.92 Å². The summed E-state index contributed by atoms with van der Waals surface area (Å²) in [4.78, 5) is 6.57. The summed E-state index contributed by atoms with van der Waals surface area (Å²) in [6.45, 7) is 2.13. The molecule has 0 radical (unpaired) electrons. The first-order chi connectivity index (χ1) is 15.7. The van der Waals surface area contributed by atoms with E-state index in [1.54, 1.807) is 0 Å². The van der Waals surface area contributed by atoms with Crippen molar-refractivity contribution in [2.45, 2.75) is 57.6 Å². The Morgan fingerprint density at radius 2 is 1.72 bits per heavy atom. The van der Waals surface area contributed by atoms with Crippen molar-refractivity contribution in [3.8, 4) is 12.1 Å².